The van der Waals surface area contributed by atoms with Gasteiger partial charge in [-0.15, -0.1) is 0 Å². The number of aryl methyl sites for hydroxylation is 1. The largest absolute Gasteiger partial charge is 0.367 e. The van der Waals surface area contributed by atoms with E-state index in [1.807, 2.05) is 12.1 Å². The molecule has 150 valence electrons. The van der Waals surface area contributed by atoms with Crippen LogP contribution in [0, 0.1) is 12.8 Å². The molecule has 1 saturated carbocycles. The minimum Gasteiger partial charge on any atom is -0.367 e. The third-order valence-electron chi connectivity index (χ3n) is 5.00. The summed E-state index contributed by atoms with van der Waals surface area (Å²) < 4.78 is 6.29. The highest BCUT2D eigenvalue weighted by atomic mass is 16.5. The van der Waals surface area contributed by atoms with Gasteiger partial charge in [0.1, 0.15) is 5.82 Å². The predicted molar refractivity (Wildman–Crippen MR) is 106 cm³/mol. The highest BCUT2D eigenvalue weighted by molar-refractivity contribution is 5.91. The van der Waals surface area contributed by atoms with Crippen molar-refractivity contribution >= 4 is 11.7 Å². The first kappa shape index (κ1) is 18.9. The van der Waals surface area contributed by atoms with Crippen molar-refractivity contribution in [3.05, 3.63) is 64.5 Å². The summed E-state index contributed by atoms with van der Waals surface area (Å²) in [6.45, 7) is 2.38. The minimum atomic E-state index is -0.232. The fourth-order valence-corrected chi connectivity index (χ4v) is 3.54. The van der Waals surface area contributed by atoms with Crippen LogP contribution in [-0.2, 0) is 0 Å². The van der Waals surface area contributed by atoms with Crippen LogP contribution in [0.1, 0.15) is 35.5 Å². The van der Waals surface area contributed by atoms with Gasteiger partial charge in [0, 0.05) is 30.9 Å². The van der Waals surface area contributed by atoms with Crippen LogP contribution in [0.2, 0.25) is 0 Å². The van der Waals surface area contributed by atoms with Gasteiger partial charge < -0.3 is 15.2 Å². The highest BCUT2D eigenvalue weighted by Gasteiger charge is 2.25. The molecule has 3 aromatic rings. The zero-order valence-corrected chi connectivity index (χ0v) is 16.0. The molecule has 0 aliphatic heterocycles. The van der Waals surface area contributed by atoms with E-state index in [-0.39, 0.29) is 17.2 Å². The second-order valence-electron chi connectivity index (χ2n) is 7.24. The first-order valence-electron chi connectivity index (χ1n) is 9.57. The molecule has 3 heterocycles. The quantitative estimate of drug-likeness (QED) is 0.656. The summed E-state index contributed by atoms with van der Waals surface area (Å²) in [6.07, 6.45) is 6.16. The Balaban J connectivity index is 1.28. The molecule has 1 amide bonds. The van der Waals surface area contributed by atoms with Crippen molar-refractivity contribution in [2.24, 2.45) is 5.92 Å². The van der Waals surface area contributed by atoms with Gasteiger partial charge in [0.25, 0.3) is 11.5 Å². The van der Waals surface area contributed by atoms with Crippen LogP contribution in [-0.4, -0.2) is 38.4 Å². The fraction of sp³-hybridized carbons (Fsp3) is 0.350. The van der Waals surface area contributed by atoms with Crippen molar-refractivity contribution in [1.29, 1.82) is 0 Å². The highest BCUT2D eigenvalue weighted by Crippen LogP contribution is 2.27. The number of amides is 1. The Morgan fingerprint density at radius 3 is 2.93 bits per heavy atom. The normalized spacial score (nSPS) is 18.5. The Hall–Kier alpha value is -3.49. The number of carbonyl (C=O) groups is 1. The zero-order valence-electron chi connectivity index (χ0n) is 16.0. The lowest BCUT2D eigenvalue weighted by Crippen LogP contribution is -2.28. The number of nitrogens with one attached hydrogen (secondary N) is 2. The van der Waals surface area contributed by atoms with E-state index in [0.29, 0.717) is 29.9 Å². The number of hydrogen-bond donors (Lipinski definition) is 2. The third-order valence-corrected chi connectivity index (χ3v) is 5.00. The first-order chi connectivity index (χ1) is 14.1. The number of pyridine rings is 1. The molecular formula is C20H22N6O3. The maximum Gasteiger partial charge on any atom is 0.289 e. The molecule has 2 atom stereocenters. The SMILES string of the molecule is Cc1cc(C(=O)NC[C@@H]2CC[C@H](Nc3ccc(-n4ncccc4=O)cn3)C2)on1. The molecule has 9 heteroatoms. The topological polar surface area (TPSA) is 115 Å². The Morgan fingerprint density at radius 1 is 1.31 bits per heavy atom. The molecule has 4 rings (SSSR count). The number of hydrogen-bond acceptors (Lipinski definition) is 7. The van der Waals surface area contributed by atoms with E-state index in [2.05, 4.69) is 25.9 Å². The van der Waals surface area contributed by atoms with Crippen molar-refractivity contribution in [1.82, 2.24) is 25.2 Å². The van der Waals surface area contributed by atoms with Crippen LogP contribution in [0.15, 0.2) is 52.0 Å². The molecule has 3 aromatic heterocycles. The van der Waals surface area contributed by atoms with Crippen LogP contribution in [0.3, 0.4) is 0 Å². The summed E-state index contributed by atoms with van der Waals surface area (Å²) >= 11 is 0. The zero-order chi connectivity index (χ0) is 20.2. The van der Waals surface area contributed by atoms with Gasteiger partial charge in [-0.25, -0.2) is 4.98 Å². The Morgan fingerprint density at radius 2 is 2.21 bits per heavy atom. The molecule has 0 spiro atoms. The van der Waals surface area contributed by atoms with Crippen molar-refractivity contribution in [2.45, 2.75) is 32.2 Å². The average molecular weight is 394 g/mol. The molecule has 0 unspecified atom stereocenters. The van der Waals surface area contributed by atoms with Crippen molar-refractivity contribution in [3.63, 3.8) is 0 Å². The number of anilines is 1. The van der Waals surface area contributed by atoms with Gasteiger partial charge >= 0.3 is 0 Å². The van der Waals surface area contributed by atoms with Gasteiger partial charge in [-0.05, 0) is 50.3 Å². The van der Waals surface area contributed by atoms with Crippen LogP contribution >= 0.6 is 0 Å². The molecule has 1 aliphatic carbocycles. The average Bonchev–Trinajstić information content (AvgIpc) is 3.36. The summed E-state index contributed by atoms with van der Waals surface area (Å²) in [7, 11) is 0. The van der Waals surface area contributed by atoms with Gasteiger partial charge in [0.2, 0.25) is 5.76 Å². The van der Waals surface area contributed by atoms with E-state index in [9.17, 15) is 9.59 Å². The van der Waals surface area contributed by atoms with Crippen LogP contribution in [0.5, 0.6) is 0 Å². The second-order valence-corrected chi connectivity index (χ2v) is 7.24. The molecule has 0 radical (unpaired) electrons. The molecular weight excluding hydrogens is 372 g/mol. The van der Waals surface area contributed by atoms with Crippen molar-refractivity contribution in [3.8, 4) is 5.69 Å². The van der Waals surface area contributed by atoms with Crippen molar-refractivity contribution in [2.75, 3.05) is 11.9 Å². The lowest BCUT2D eigenvalue weighted by molar-refractivity contribution is 0.0910. The maximum absolute atomic E-state index is 12.1. The maximum atomic E-state index is 12.1. The van der Waals surface area contributed by atoms with Crippen LogP contribution < -0.4 is 16.2 Å². The van der Waals surface area contributed by atoms with Crippen LogP contribution in [0.25, 0.3) is 5.69 Å². The Bertz CT molecular complexity index is 1040. The first-order valence-corrected chi connectivity index (χ1v) is 9.57. The molecule has 1 aliphatic rings. The third kappa shape index (κ3) is 4.50. The van der Waals surface area contributed by atoms with E-state index in [0.717, 1.165) is 25.1 Å². The number of carbonyl (C=O) groups excluding carboxylic acids is 1. The molecule has 0 bridgehead atoms. The van der Waals surface area contributed by atoms with Gasteiger partial charge in [0.15, 0.2) is 0 Å². The summed E-state index contributed by atoms with van der Waals surface area (Å²) in [5.74, 6) is 1.16. The number of rotatable bonds is 6. The van der Waals surface area contributed by atoms with Gasteiger partial charge in [-0.3, -0.25) is 9.59 Å². The van der Waals surface area contributed by atoms with E-state index in [1.165, 1.54) is 10.7 Å². The molecule has 29 heavy (non-hydrogen) atoms. The van der Waals surface area contributed by atoms with E-state index >= 15 is 0 Å². The van der Waals surface area contributed by atoms with E-state index in [1.54, 1.807) is 31.5 Å². The number of nitrogens with zero attached hydrogens (tertiary/aromatic N) is 4. The monoisotopic (exact) mass is 394 g/mol. The van der Waals surface area contributed by atoms with Crippen molar-refractivity contribution < 1.29 is 9.32 Å². The summed E-state index contributed by atoms with van der Waals surface area (Å²) in [5, 5.41) is 14.1. The fourth-order valence-electron chi connectivity index (χ4n) is 3.54. The van der Waals surface area contributed by atoms with Gasteiger partial charge in [-0.2, -0.15) is 9.78 Å². The van der Waals surface area contributed by atoms with Gasteiger partial charge in [0.05, 0.1) is 17.6 Å². The predicted octanol–water partition coefficient (Wildman–Crippen LogP) is 1.93. The lowest BCUT2D eigenvalue weighted by Gasteiger charge is -2.14. The smallest absolute Gasteiger partial charge is 0.289 e. The molecule has 1 fully saturated rings. The summed E-state index contributed by atoms with van der Waals surface area (Å²) in [4.78, 5) is 28.3. The molecule has 0 saturated heterocycles. The van der Waals surface area contributed by atoms with E-state index in [4.69, 9.17) is 4.52 Å². The molecule has 2 N–H and O–H groups in total. The Labute approximate surface area is 167 Å². The minimum absolute atomic E-state index is 0.198. The summed E-state index contributed by atoms with van der Waals surface area (Å²) in [5.41, 5.74) is 1.11. The summed E-state index contributed by atoms with van der Waals surface area (Å²) in [6, 6.07) is 8.64. The molecule has 9 nitrogen and oxygen atoms in total. The van der Waals surface area contributed by atoms with Crippen LogP contribution in [0.4, 0.5) is 5.82 Å². The Kier molecular flexibility index (Phi) is 5.37. The number of aromatic nitrogens is 4. The van der Waals surface area contributed by atoms with Gasteiger partial charge in [-0.1, -0.05) is 5.16 Å². The standard InChI is InChI=1S/C20H22N6O3/c1-13-9-17(29-25-13)20(28)22-11-14-4-5-15(10-14)24-18-7-6-16(12-21-18)26-19(27)3-2-8-23-26/h2-3,6-9,12,14-15H,4-5,10-11H2,1H3,(H,21,24)(H,22,28)/t14-,15+/m1/s1. The second kappa shape index (κ2) is 8.26. The molecule has 0 aromatic carbocycles. The lowest BCUT2D eigenvalue weighted by atomic mass is 10.1. The van der Waals surface area contributed by atoms with E-state index < -0.39 is 0 Å².